The quantitative estimate of drug-likeness (QED) is 0.546. The molecule has 4 heteroatoms. The average molecular weight is 202 g/mol. The van der Waals surface area contributed by atoms with Crippen LogP contribution in [0, 0.1) is 28.4 Å². The van der Waals surface area contributed by atoms with Crippen molar-refractivity contribution in [3.05, 3.63) is 39.4 Å². The van der Waals surface area contributed by atoms with Crippen LogP contribution in [0.3, 0.4) is 0 Å². The molecule has 0 spiro atoms. The summed E-state index contributed by atoms with van der Waals surface area (Å²) >= 11 is 0. The summed E-state index contributed by atoms with van der Waals surface area (Å²) in [5, 5.41) is 19.7. The van der Waals surface area contributed by atoms with Gasteiger partial charge in [-0.3, -0.25) is 10.1 Å². The lowest BCUT2D eigenvalue weighted by molar-refractivity contribution is -0.384. The highest BCUT2D eigenvalue weighted by Gasteiger charge is 2.46. The van der Waals surface area contributed by atoms with Gasteiger partial charge in [-0.15, -0.1) is 0 Å². The normalized spacial score (nSPS) is 16.8. The summed E-state index contributed by atoms with van der Waals surface area (Å²) in [7, 11) is 0. The van der Waals surface area contributed by atoms with Crippen LogP contribution in [0.25, 0.3) is 0 Å². The van der Waals surface area contributed by atoms with E-state index >= 15 is 0 Å². The summed E-state index contributed by atoms with van der Waals surface area (Å²) in [4.78, 5) is 10.2. The third-order valence-electron chi connectivity index (χ3n) is 2.91. The molecular formula is C11H10N2O2. The van der Waals surface area contributed by atoms with Crippen molar-refractivity contribution in [3.63, 3.8) is 0 Å². The van der Waals surface area contributed by atoms with Crippen LogP contribution in [0.1, 0.15) is 24.0 Å². The fourth-order valence-corrected chi connectivity index (χ4v) is 1.81. The predicted octanol–water partition coefficient (Wildman–Crippen LogP) is 2.46. The van der Waals surface area contributed by atoms with E-state index in [9.17, 15) is 10.1 Å². The van der Waals surface area contributed by atoms with Gasteiger partial charge in [0.05, 0.1) is 16.4 Å². The van der Waals surface area contributed by atoms with Crippen LogP contribution in [-0.2, 0) is 5.41 Å². The van der Waals surface area contributed by atoms with E-state index in [0.29, 0.717) is 0 Å². The van der Waals surface area contributed by atoms with Crippen LogP contribution >= 0.6 is 0 Å². The number of nitriles is 1. The molecule has 0 amide bonds. The van der Waals surface area contributed by atoms with Crippen molar-refractivity contribution in [1.82, 2.24) is 0 Å². The molecule has 0 atom stereocenters. The number of aryl methyl sites for hydroxylation is 1. The first-order valence-corrected chi connectivity index (χ1v) is 4.76. The van der Waals surface area contributed by atoms with Crippen molar-refractivity contribution in [2.75, 3.05) is 0 Å². The average Bonchev–Trinajstić information content (AvgIpc) is 2.99. The Labute approximate surface area is 87.3 Å². The summed E-state index contributed by atoms with van der Waals surface area (Å²) in [5.74, 6) is 0. The molecule has 1 saturated carbocycles. The Bertz CT molecular complexity index is 470. The number of nitro groups is 1. The Balaban J connectivity index is 2.52. The highest BCUT2D eigenvalue weighted by Crippen LogP contribution is 2.49. The van der Waals surface area contributed by atoms with Gasteiger partial charge in [-0.1, -0.05) is 6.07 Å². The predicted molar refractivity (Wildman–Crippen MR) is 54.4 cm³/mol. The first kappa shape index (κ1) is 9.66. The maximum Gasteiger partial charge on any atom is 0.269 e. The molecule has 1 fully saturated rings. The summed E-state index contributed by atoms with van der Waals surface area (Å²) in [6.07, 6.45) is 1.62. The van der Waals surface area contributed by atoms with Crippen molar-refractivity contribution < 1.29 is 4.92 Å². The third-order valence-corrected chi connectivity index (χ3v) is 2.91. The van der Waals surface area contributed by atoms with E-state index in [0.717, 1.165) is 24.0 Å². The Kier molecular flexibility index (Phi) is 1.97. The van der Waals surface area contributed by atoms with E-state index in [1.165, 1.54) is 12.1 Å². The molecule has 0 N–H and O–H groups in total. The molecule has 1 aromatic rings. The summed E-state index contributed by atoms with van der Waals surface area (Å²) in [5.41, 5.74) is 1.40. The fourth-order valence-electron chi connectivity index (χ4n) is 1.81. The Hall–Kier alpha value is -1.89. The fraction of sp³-hybridized carbons (Fsp3) is 0.364. The molecule has 0 aliphatic heterocycles. The Morgan fingerprint density at radius 1 is 1.53 bits per heavy atom. The number of benzene rings is 1. The molecule has 1 aromatic carbocycles. The molecule has 4 nitrogen and oxygen atoms in total. The summed E-state index contributed by atoms with van der Waals surface area (Å²) in [6.45, 7) is 1.89. The molecule has 1 aliphatic rings. The number of hydrogen-bond donors (Lipinski definition) is 0. The second kappa shape index (κ2) is 3.06. The number of nitro benzene ring substituents is 1. The number of rotatable bonds is 2. The van der Waals surface area contributed by atoms with Crippen LogP contribution in [0.4, 0.5) is 5.69 Å². The van der Waals surface area contributed by atoms with E-state index in [-0.39, 0.29) is 5.69 Å². The molecule has 76 valence electrons. The minimum absolute atomic E-state index is 0.0668. The third kappa shape index (κ3) is 1.46. The van der Waals surface area contributed by atoms with Gasteiger partial charge in [-0.25, -0.2) is 0 Å². The van der Waals surface area contributed by atoms with Gasteiger partial charge in [-0.05, 0) is 30.9 Å². The number of nitrogens with zero attached hydrogens (tertiary/aromatic N) is 2. The molecule has 0 bridgehead atoms. The van der Waals surface area contributed by atoms with E-state index in [4.69, 9.17) is 5.26 Å². The van der Waals surface area contributed by atoms with Crippen LogP contribution in [0.2, 0.25) is 0 Å². The SMILES string of the molecule is Cc1ccc([N+](=O)[O-])cc1C1(C#N)CC1. The molecule has 0 radical (unpaired) electrons. The maximum atomic E-state index is 10.6. The molecule has 2 rings (SSSR count). The van der Waals surface area contributed by atoms with Gasteiger partial charge in [0.15, 0.2) is 0 Å². The topological polar surface area (TPSA) is 66.9 Å². The second-order valence-electron chi connectivity index (χ2n) is 3.95. The molecule has 1 aliphatic carbocycles. The minimum Gasteiger partial charge on any atom is -0.258 e. The van der Waals surface area contributed by atoms with Crippen molar-refractivity contribution in [2.45, 2.75) is 25.2 Å². The van der Waals surface area contributed by atoms with Crippen molar-refractivity contribution in [3.8, 4) is 6.07 Å². The number of hydrogen-bond acceptors (Lipinski definition) is 3. The molecule has 0 unspecified atom stereocenters. The first-order chi connectivity index (χ1) is 7.09. The lowest BCUT2D eigenvalue weighted by Crippen LogP contribution is -2.05. The molecule has 15 heavy (non-hydrogen) atoms. The van der Waals surface area contributed by atoms with E-state index < -0.39 is 10.3 Å². The largest absolute Gasteiger partial charge is 0.269 e. The lowest BCUT2D eigenvalue weighted by atomic mass is 9.93. The zero-order valence-electron chi connectivity index (χ0n) is 8.36. The highest BCUT2D eigenvalue weighted by atomic mass is 16.6. The van der Waals surface area contributed by atoms with E-state index in [1.807, 2.05) is 6.92 Å². The zero-order chi connectivity index (χ0) is 11.1. The summed E-state index contributed by atoms with van der Waals surface area (Å²) < 4.78 is 0. The molecule has 0 saturated heterocycles. The van der Waals surface area contributed by atoms with Gasteiger partial charge in [-0.2, -0.15) is 5.26 Å². The van der Waals surface area contributed by atoms with Gasteiger partial charge in [0.2, 0.25) is 0 Å². The van der Waals surface area contributed by atoms with Crippen molar-refractivity contribution in [1.29, 1.82) is 5.26 Å². The van der Waals surface area contributed by atoms with Crippen molar-refractivity contribution in [2.24, 2.45) is 0 Å². The minimum atomic E-state index is -0.448. The first-order valence-electron chi connectivity index (χ1n) is 4.76. The molecule has 0 aromatic heterocycles. The van der Waals surface area contributed by atoms with Gasteiger partial charge in [0, 0.05) is 12.1 Å². The maximum absolute atomic E-state index is 10.6. The Morgan fingerprint density at radius 3 is 2.67 bits per heavy atom. The van der Waals surface area contributed by atoms with Crippen LogP contribution in [0.15, 0.2) is 18.2 Å². The molecular weight excluding hydrogens is 192 g/mol. The van der Waals surface area contributed by atoms with Crippen LogP contribution in [0.5, 0.6) is 0 Å². The van der Waals surface area contributed by atoms with Crippen molar-refractivity contribution >= 4 is 5.69 Å². The van der Waals surface area contributed by atoms with Crippen LogP contribution < -0.4 is 0 Å². The van der Waals surface area contributed by atoms with Gasteiger partial charge < -0.3 is 0 Å². The van der Waals surface area contributed by atoms with E-state index in [1.54, 1.807) is 6.07 Å². The van der Waals surface area contributed by atoms with Gasteiger partial charge in [0.25, 0.3) is 5.69 Å². The standard InChI is InChI=1S/C11H10N2O2/c1-8-2-3-9(13(14)15)6-10(8)11(7-12)4-5-11/h2-3,6H,4-5H2,1H3. The monoisotopic (exact) mass is 202 g/mol. The van der Waals surface area contributed by atoms with Crippen LogP contribution in [-0.4, -0.2) is 4.92 Å². The van der Waals surface area contributed by atoms with E-state index in [2.05, 4.69) is 6.07 Å². The molecule has 0 heterocycles. The lowest BCUT2D eigenvalue weighted by Gasteiger charge is -2.09. The summed E-state index contributed by atoms with van der Waals surface area (Å²) in [6, 6.07) is 6.98. The van der Waals surface area contributed by atoms with Gasteiger partial charge in [0.1, 0.15) is 0 Å². The van der Waals surface area contributed by atoms with Gasteiger partial charge >= 0.3 is 0 Å². The zero-order valence-corrected chi connectivity index (χ0v) is 8.36. The second-order valence-corrected chi connectivity index (χ2v) is 3.95. The smallest absolute Gasteiger partial charge is 0.258 e. The Morgan fingerprint density at radius 2 is 2.20 bits per heavy atom. The number of non-ortho nitro benzene ring substituents is 1. The highest BCUT2D eigenvalue weighted by molar-refractivity contribution is 5.49.